The number of carbonyl (C=O) groups is 1. The second-order valence-corrected chi connectivity index (χ2v) is 11.0. The minimum Gasteiger partial charge on any atom is -0.296 e. The zero-order valence-electron chi connectivity index (χ0n) is 8.59. The van der Waals surface area contributed by atoms with Gasteiger partial charge in [-0.15, -0.1) is 69.6 Å². The number of hydrogen-bond acceptors (Lipinski definition) is 1. The summed E-state index contributed by atoms with van der Waals surface area (Å²) in [6.07, 6.45) is 0. The lowest BCUT2D eigenvalue weighted by Gasteiger charge is -2.74. The summed E-state index contributed by atoms with van der Waals surface area (Å²) in [5.41, 5.74) is 0. The first-order chi connectivity index (χ1) is 8.39. The molecule has 0 aliphatic heterocycles. The molecule has 6 saturated carbocycles. The summed E-state index contributed by atoms with van der Waals surface area (Å²) in [6, 6.07) is 0. The summed E-state index contributed by atoms with van der Waals surface area (Å²) >= 11 is 52.3. The largest absolute Gasteiger partial charge is 0.296 e. The van der Waals surface area contributed by atoms with Crippen molar-refractivity contribution in [2.75, 3.05) is 0 Å². The van der Waals surface area contributed by atoms with Crippen molar-refractivity contribution < 1.29 is 4.79 Å². The number of Topliss-reactive ketones (excluding diaryl/α,β-unsaturated/α-hetero) is 1. The lowest BCUT2D eigenvalue weighted by Crippen LogP contribution is -2.93. The molecule has 0 radical (unpaired) electrons. The van der Waals surface area contributed by atoms with Gasteiger partial charge < -0.3 is 0 Å². The van der Waals surface area contributed by atoms with Crippen LogP contribution >= 0.6 is 92.8 Å². The van der Waals surface area contributed by atoms with E-state index in [4.69, 9.17) is 92.8 Å². The van der Waals surface area contributed by atoms with Gasteiger partial charge in [-0.2, -0.15) is 0 Å². The van der Waals surface area contributed by atoms with Gasteiger partial charge in [-0.3, -0.25) is 4.79 Å². The topological polar surface area (TPSA) is 17.1 Å². The maximum atomic E-state index is 12.5. The van der Waals surface area contributed by atoms with E-state index in [9.17, 15) is 4.79 Å². The van der Waals surface area contributed by atoms with Crippen molar-refractivity contribution in [3.8, 4) is 0 Å². The van der Waals surface area contributed by atoms with Crippen molar-refractivity contribution in [3.05, 3.63) is 0 Å². The van der Waals surface area contributed by atoms with E-state index in [-0.39, 0.29) is 0 Å². The number of hydrogen-bond donors (Lipinski definition) is 0. The normalized spacial score (nSPS) is 80.3. The van der Waals surface area contributed by atoms with E-state index in [0.717, 1.165) is 0 Å². The van der Waals surface area contributed by atoms with Crippen LogP contribution in [0.1, 0.15) is 0 Å². The molecule has 0 saturated heterocycles. The first-order valence-electron chi connectivity index (χ1n) is 5.45. The van der Waals surface area contributed by atoms with E-state index in [1.54, 1.807) is 0 Å². The monoisotopic (exact) mass is 418 g/mol. The molecule has 6 rings (SSSR count). The van der Waals surface area contributed by atoms with Crippen LogP contribution < -0.4 is 0 Å². The minimum absolute atomic E-state index is 0.403. The zero-order valence-corrected chi connectivity index (χ0v) is 14.6. The van der Waals surface area contributed by atoms with Gasteiger partial charge in [0.15, 0.2) is 10.1 Å². The number of alkyl halides is 8. The molecule has 0 spiro atoms. The standard InChI is InChI=1S/C10H2Cl8O/c11-4-1-5(12)2(4)7(14)8(15,3(4)19)6(1,13)9(7,16)10(5,17)18/h1-2H. The van der Waals surface area contributed by atoms with Crippen LogP contribution in [0.2, 0.25) is 0 Å². The highest BCUT2D eigenvalue weighted by atomic mass is 35.5. The van der Waals surface area contributed by atoms with Gasteiger partial charge in [-0.05, 0) is 0 Å². The second-order valence-electron chi connectivity index (χ2n) is 6.05. The third kappa shape index (κ3) is 0.598. The highest BCUT2D eigenvalue weighted by Crippen LogP contribution is 3.05. The number of ketones is 1. The number of rotatable bonds is 0. The molecule has 9 heteroatoms. The third-order valence-corrected chi connectivity index (χ3v) is 12.6. The molecule has 19 heavy (non-hydrogen) atoms. The van der Waals surface area contributed by atoms with Crippen LogP contribution in [0.4, 0.5) is 0 Å². The predicted molar refractivity (Wildman–Crippen MR) is 77.9 cm³/mol. The fourth-order valence-electron chi connectivity index (χ4n) is 5.68. The smallest absolute Gasteiger partial charge is 0.179 e. The van der Waals surface area contributed by atoms with Crippen molar-refractivity contribution in [1.82, 2.24) is 0 Å². The summed E-state index contributed by atoms with van der Waals surface area (Å²) in [7, 11) is 0. The Morgan fingerprint density at radius 3 is 1.63 bits per heavy atom. The fourth-order valence-corrected chi connectivity index (χ4v) is 12.2. The Morgan fingerprint density at radius 1 is 0.789 bits per heavy atom. The average molecular weight is 422 g/mol. The Labute approximate surface area is 148 Å². The first kappa shape index (κ1) is 13.4. The van der Waals surface area contributed by atoms with Crippen LogP contribution in [0, 0.1) is 11.8 Å². The van der Waals surface area contributed by atoms with Crippen LogP contribution in [0.25, 0.3) is 0 Å². The van der Waals surface area contributed by atoms with Gasteiger partial charge in [0.1, 0.15) is 24.4 Å². The van der Waals surface area contributed by atoms with Crippen LogP contribution in [-0.4, -0.2) is 39.4 Å². The lowest BCUT2D eigenvalue weighted by atomic mass is 9.42. The molecule has 6 aliphatic rings. The zero-order chi connectivity index (χ0) is 14.2. The van der Waals surface area contributed by atoms with Gasteiger partial charge in [0.25, 0.3) is 0 Å². The molecule has 4 bridgehead atoms. The van der Waals surface area contributed by atoms with Gasteiger partial charge in [-0.1, -0.05) is 23.2 Å². The van der Waals surface area contributed by atoms with Crippen molar-refractivity contribution in [2.24, 2.45) is 11.8 Å². The first-order valence-corrected chi connectivity index (χ1v) is 8.47. The Morgan fingerprint density at radius 2 is 1.21 bits per heavy atom. The molecule has 0 aromatic rings. The quantitative estimate of drug-likeness (QED) is 0.542. The number of halogens is 8. The van der Waals surface area contributed by atoms with Gasteiger partial charge in [0.05, 0.1) is 4.87 Å². The molecular weight excluding hydrogens is 420 g/mol. The van der Waals surface area contributed by atoms with Crippen LogP contribution in [0.15, 0.2) is 0 Å². The molecule has 0 aromatic heterocycles. The molecule has 4 atom stereocenters. The van der Waals surface area contributed by atoms with E-state index in [1.807, 2.05) is 0 Å². The molecule has 0 N–H and O–H groups in total. The van der Waals surface area contributed by atoms with Crippen molar-refractivity contribution in [3.63, 3.8) is 0 Å². The Hall–Kier alpha value is 1.99. The maximum Gasteiger partial charge on any atom is 0.179 e. The highest BCUT2D eigenvalue weighted by Gasteiger charge is 3.22. The second kappa shape index (κ2) is 2.57. The Kier molecular flexibility index (Phi) is 1.81. The molecule has 6 aliphatic carbocycles. The maximum absolute atomic E-state index is 12.5. The van der Waals surface area contributed by atoms with Gasteiger partial charge in [-0.25, -0.2) is 0 Å². The summed E-state index contributed by atoms with van der Waals surface area (Å²) in [4.78, 5) is 4.09. The summed E-state index contributed by atoms with van der Waals surface area (Å²) in [5.74, 6) is -1.79. The Bertz CT molecular complexity index is 603. The number of carbonyl (C=O) groups excluding carboxylic acids is 1. The van der Waals surface area contributed by atoms with Crippen LogP contribution in [-0.2, 0) is 4.79 Å². The van der Waals surface area contributed by atoms with Crippen molar-refractivity contribution >= 4 is 98.6 Å². The van der Waals surface area contributed by atoms with E-state index < -0.39 is 51.2 Å². The van der Waals surface area contributed by atoms with Crippen LogP contribution in [0.3, 0.4) is 0 Å². The molecule has 0 amide bonds. The van der Waals surface area contributed by atoms with E-state index in [1.165, 1.54) is 0 Å². The minimum atomic E-state index is -1.60. The van der Waals surface area contributed by atoms with Gasteiger partial charge in [0, 0.05) is 11.8 Å². The molecule has 0 heterocycles. The van der Waals surface area contributed by atoms with E-state index in [0.29, 0.717) is 0 Å². The molecule has 1 nitrogen and oxygen atoms in total. The summed E-state index contributed by atoms with van der Waals surface area (Å²) in [6.45, 7) is 0. The molecule has 0 aromatic carbocycles. The van der Waals surface area contributed by atoms with E-state index >= 15 is 0 Å². The predicted octanol–water partition coefficient (Wildman–Crippen LogP) is 3.90. The van der Waals surface area contributed by atoms with Crippen LogP contribution in [0.5, 0.6) is 0 Å². The molecule has 6 fully saturated rings. The van der Waals surface area contributed by atoms with Gasteiger partial charge in [0.2, 0.25) is 0 Å². The SMILES string of the molecule is O=C1C2(Cl)C3C4(Cl)C2C2(Cl)C1(Cl)C3(Cl)C2(Cl)C4(Cl)Cl. The Balaban J connectivity index is 2.00. The summed E-state index contributed by atoms with van der Waals surface area (Å²) < 4.78 is -1.60. The molecule has 4 unspecified atom stereocenters. The average Bonchev–Trinajstić information content (AvgIpc) is 2.56. The van der Waals surface area contributed by atoms with Gasteiger partial charge >= 0.3 is 0 Å². The molecular formula is C10H2Cl8O. The molecule has 104 valence electrons. The fraction of sp³-hybridized carbons (Fsp3) is 0.900. The highest BCUT2D eigenvalue weighted by molar-refractivity contribution is 6.74. The summed E-state index contributed by atoms with van der Waals surface area (Å²) in [5, 5.41) is 0. The lowest BCUT2D eigenvalue weighted by molar-refractivity contribution is -0.123. The van der Waals surface area contributed by atoms with Crippen molar-refractivity contribution in [2.45, 2.75) is 33.6 Å². The van der Waals surface area contributed by atoms with E-state index in [2.05, 4.69) is 0 Å². The van der Waals surface area contributed by atoms with Crippen molar-refractivity contribution in [1.29, 1.82) is 0 Å². The third-order valence-electron chi connectivity index (χ3n) is 6.06.